The maximum absolute atomic E-state index is 6.34. The van der Waals surface area contributed by atoms with Crippen molar-refractivity contribution in [1.82, 2.24) is 0 Å². The van der Waals surface area contributed by atoms with Crippen molar-refractivity contribution in [2.45, 2.75) is 18.7 Å². The summed E-state index contributed by atoms with van der Waals surface area (Å²) in [5.74, 6) is 1.24. The van der Waals surface area contributed by atoms with Crippen LogP contribution < -0.4 is 9.47 Å². The topological polar surface area (TPSA) is 18.5 Å². The fraction of sp³-hybridized carbons (Fsp3) is 0.294. The van der Waals surface area contributed by atoms with Gasteiger partial charge in [0.2, 0.25) is 0 Å². The fourth-order valence-corrected chi connectivity index (χ4v) is 3.40. The number of benzene rings is 2. The quantitative estimate of drug-likeness (QED) is 0.666. The smallest absolute Gasteiger partial charge is 0.145 e. The number of hydrogen-bond donors (Lipinski definition) is 0. The number of ether oxygens (including phenoxy) is 2. The highest BCUT2D eigenvalue weighted by Crippen LogP contribution is 2.44. The molecule has 0 heterocycles. The Morgan fingerprint density at radius 3 is 2.14 bits per heavy atom. The lowest BCUT2D eigenvalue weighted by molar-refractivity contribution is 0.392. The minimum Gasteiger partial charge on any atom is -0.495 e. The molecule has 0 aromatic heterocycles. The molecular formula is C17H18BrClO2. The normalized spacial score (nSPS) is 12.1. The van der Waals surface area contributed by atoms with E-state index in [2.05, 4.69) is 48.0 Å². The summed E-state index contributed by atoms with van der Waals surface area (Å²) < 4.78 is 10.7. The lowest BCUT2D eigenvalue weighted by atomic mass is 10.00. The molecule has 0 fully saturated rings. The molecule has 1 atom stereocenters. The van der Waals surface area contributed by atoms with Gasteiger partial charge in [0.1, 0.15) is 16.5 Å². The molecule has 2 aromatic carbocycles. The van der Waals surface area contributed by atoms with Gasteiger partial charge in [-0.25, -0.2) is 0 Å². The van der Waals surface area contributed by atoms with Gasteiger partial charge in [-0.15, -0.1) is 0 Å². The summed E-state index contributed by atoms with van der Waals surface area (Å²) >= 11 is 10.1. The molecule has 2 nitrogen and oxygen atoms in total. The summed E-state index contributed by atoms with van der Waals surface area (Å²) in [4.78, 5) is 0.00876. The van der Waals surface area contributed by atoms with Gasteiger partial charge in [-0.1, -0.05) is 62.9 Å². The number of rotatable bonds is 4. The van der Waals surface area contributed by atoms with E-state index < -0.39 is 0 Å². The minimum absolute atomic E-state index is 0.00876. The molecule has 0 spiro atoms. The molecular weight excluding hydrogens is 352 g/mol. The van der Waals surface area contributed by atoms with Crippen molar-refractivity contribution in [3.63, 3.8) is 0 Å². The monoisotopic (exact) mass is 368 g/mol. The van der Waals surface area contributed by atoms with Crippen LogP contribution in [0.1, 0.15) is 27.1 Å². The van der Waals surface area contributed by atoms with Gasteiger partial charge in [-0.3, -0.25) is 0 Å². The molecule has 112 valence electrons. The summed E-state index contributed by atoms with van der Waals surface area (Å²) in [7, 11) is 3.21. The highest BCUT2D eigenvalue weighted by molar-refractivity contribution is 9.09. The molecule has 0 amide bonds. The van der Waals surface area contributed by atoms with Crippen molar-refractivity contribution >= 4 is 27.5 Å². The molecule has 0 saturated heterocycles. The van der Waals surface area contributed by atoms with Crippen LogP contribution in [0.5, 0.6) is 11.5 Å². The Balaban J connectivity index is 2.52. The Morgan fingerprint density at radius 1 is 1.00 bits per heavy atom. The molecule has 21 heavy (non-hydrogen) atoms. The van der Waals surface area contributed by atoms with Gasteiger partial charge in [-0.2, -0.15) is 0 Å². The lowest BCUT2D eigenvalue weighted by Gasteiger charge is -2.18. The zero-order chi connectivity index (χ0) is 15.6. The van der Waals surface area contributed by atoms with E-state index in [-0.39, 0.29) is 4.83 Å². The third-order valence-corrected chi connectivity index (χ3v) is 4.71. The van der Waals surface area contributed by atoms with Crippen LogP contribution in [0.4, 0.5) is 0 Å². The Labute approximate surface area is 139 Å². The van der Waals surface area contributed by atoms with Crippen molar-refractivity contribution in [2.75, 3.05) is 14.2 Å². The highest BCUT2D eigenvalue weighted by atomic mass is 79.9. The van der Waals surface area contributed by atoms with Crippen LogP contribution in [0, 0.1) is 13.8 Å². The van der Waals surface area contributed by atoms with Gasteiger partial charge < -0.3 is 9.47 Å². The largest absolute Gasteiger partial charge is 0.495 e. The number of hydrogen-bond acceptors (Lipinski definition) is 2. The SMILES string of the molecule is COc1ccc(C(Br)c2cc(C)cc(C)c2)c(OC)c1Cl. The summed E-state index contributed by atoms with van der Waals surface area (Å²) in [5.41, 5.74) is 4.61. The van der Waals surface area contributed by atoms with Gasteiger partial charge >= 0.3 is 0 Å². The van der Waals surface area contributed by atoms with E-state index >= 15 is 0 Å². The predicted octanol–water partition coefficient (Wildman–Crippen LogP) is 5.46. The third kappa shape index (κ3) is 3.35. The Kier molecular flexibility index (Phi) is 5.17. The summed E-state index contributed by atoms with van der Waals surface area (Å²) in [5, 5.41) is 0.492. The molecule has 0 bridgehead atoms. The van der Waals surface area contributed by atoms with Crippen molar-refractivity contribution in [2.24, 2.45) is 0 Å². The zero-order valence-electron chi connectivity index (χ0n) is 12.5. The average molecular weight is 370 g/mol. The van der Waals surface area contributed by atoms with Crippen LogP contribution in [0.2, 0.25) is 5.02 Å². The van der Waals surface area contributed by atoms with Crippen LogP contribution in [-0.2, 0) is 0 Å². The van der Waals surface area contributed by atoms with Crippen molar-refractivity contribution < 1.29 is 9.47 Å². The minimum atomic E-state index is 0.00876. The molecule has 2 rings (SSSR count). The molecule has 1 unspecified atom stereocenters. The van der Waals surface area contributed by atoms with Crippen molar-refractivity contribution in [3.8, 4) is 11.5 Å². The maximum Gasteiger partial charge on any atom is 0.145 e. The van der Waals surface area contributed by atoms with E-state index in [1.165, 1.54) is 16.7 Å². The predicted molar refractivity (Wildman–Crippen MR) is 91.2 cm³/mol. The summed E-state index contributed by atoms with van der Waals surface area (Å²) in [6.45, 7) is 4.18. The number of aryl methyl sites for hydroxylation is 2. The van der Waals surface area contributed by atoms with E-state index in [9.17, 15) is 0 Å². The second kappa shape index (κ2) is 6.71. The van der Waals surface area contributed by atoms with Crippen LogP contribution in [0.25, 0.3) is 0 Å². The number of methoxy groups -OCH3 is 2. The zero-order valence-corrected chi connectivity index (χ0v) is 14.9. The first-order valence-corrected chi connectivity index (χ1v) is 7.90. The first kappa shape index (κ1) is 16.2. The van der Waals surface area contributed by atoms with Gasteiger partial charge in [0.15, 0.2) is 0 Å². The van der Waals surface area contributed by atoms with Gasteiger partial charge in [0.25, 0.3) is 0 Å². The lowest BCUT2D eigenvalue weighted by Crippen LogP contribution is -2.00. The third-order valence-electron chi connectivity index (χ3n) is 3.33. The van der Waals surface area contributed by atoms with Crippen molar-refractivity contribution in [1.29, 1.82) is 0 Å². The van der Waals surface area contributed by atoms with Gasteiger partial charge in [-0.05, 0) is 25.5 Å². The second-order valence-electron chi connectivity index (χ2n) is 4.99. The Morgan fingerprint density at radius 2 is 1.62 bits per heavy atom. The van der Waals surface area contributed by atoms with Crippen molar-refractivity contribution in [3.05, 3.63) is 57.6 Å². The van der Waals surface area contributed by atoms with E-state index in [0.29, 0.717) is 16.5 Å². The molecule has 0 radical (unpaired) electrons. The molecule has 4 heteroatoms. The van der Waals surface area contributed by atoms with E-state index in [1.807, 2.05) is 12.1 Å². The first-order chi connectivity index (χ1) is 9.97. The summed E-state index contributed by atoms with van der Waals surface area (Å²) in [6, 6.07) is 10.3. The summed E-state index contributed by atoms with van der Waals surface area (Å²) in [6.07, 6.45) is 0. The highest BCUT2D eigenvalue weighted by Gasteiger charge is 2.20. The van der Waals surface area contributed by atoms with E-state index in [0.717, 1.165) is 5.56 Å². The van der Waals surface area contributed by atoms with E-state index in [1.54, 1.807) is 14.2 Å². The molecule has 0 N–H and O–H groups in total. The van der Waals surface area contributed by atoms with Gasteiger partial charge in [0, 0.05) is 5.56 Å². The molecule has 0 aliphatic rings. The maximum atomic E-state index is 6.34. The fourth-order valence-electron chi connectivity index (χ4n) is 2.45. The van der Waals surface area contributed by atoms with Crippen LogP contribution in [0.3, 0.4) is 0 Å². The van der Waals surface area contributed by atoms with Crippen LogP contribution in [0.15, 0.2) is 30.3 Å². The Hall–Kier alpha value is -1.19. The molecule has 0 saturated carbocycles. The molecule has 2 aromatic rings. The number of halogens is 2. The standard InChI is InChI=1S/C17H18BrClO2/c1-10-7-11(2)9-12(8-10)15(18)13-5-6-14(20-3)16(19)17(13)21-4/h5-9,15H,1-4H3. The molecule has 0 aliphatic carbocycles. The average Bonchev–Trinajstić information content (AvgIpc) is 2.45. The first-order valence-electron chi connectivity index (χ1n) is 6.60. The Bertz CT molecular complexity index is 635. The molecule has 0 aliphatic heterocycles. The van der Waals surface area contributed by atoms with Crippen LogP contribution >= 0.6 is 27.5 Å². The van der Waals surface area contributed by atoms with E-state index in [4.69, 9.17) is 21.1 Å². The van der Waals surface area contributed by atoms with Crippen LogP contribution in [-0.4, -0.2) is 14.2 Å². The second-order valence-corrected chi connectivity index (χ2v) is 6.28. The van der Waals surface area contributed by atoms with Gasteiger partial charge in [0.05, 0.1) is 19.0 Å². The number of alkyl halides is 1.